The fourth-order valence-electron chi connectivity index (χ4n) is 6.64. The Labute approximate surface area is 454 Å². The van der Waals surface area contributed by atoms with Crippen molar-refractivity contribution in [2.45, 2.75) is 46.0 Å². The Hall–Kier alpha value is -6.61. The van der Waals surface area contributed by atoms with Gasteiger partial charge in [0.05, 0.1) is 126 Å². The molecule has 3 amide bonds. The highest BCUT2D eigenvalue weighted by Crippen LogP contribution is 2.35. The van der Waals surface area contributed by atoms with E-state index in [0.717, 1.165) is 12.8 Å². The van der Waals surface area contributed by atoms with E-state index in [1.165, 1.54) is 68.6 Å². The van der Waals surface area contributed by atoms with Gasteiger partial charge >= 0.3 is 18.2 Å². The normalized spacial score (nSPS) is 12.3. The molecule has 0 radical (unpaired) electrons. The minimum absolute atomic E-state index is 0.0468. The summed E-state index contributed by atoms with van der Waals surface area (Å²) in [6.45, 7) is 16.0. The van der Waals surface area contributed by atoms with Gasteiger partial charge in [-0.05, 0) is 81.1 Å². The predicted molar refractivity (Wildman–Crippen MR) is 283 cm³/mol. The van der Waals surface area contributed by atoms with Gasteiger partial charge in [0.15, 0.2) is 5.69 Å². The van der Waals surface area contributed by atoms with E-state index >= 15 is 0 Å². The Bertz CT molecular complexity index is 2330. The van der Waals surface area contributed by atoms with Crippen molar-refractivity contribution in [2.75, 3.05) is 145 Å². The first-order valence-electron chi connectivity index (χ1n) is 25.6. The summed E-state index contributed by atoms with van der Waals surface area (Å²) in [5, 5.41) is 16.4. The number of methoxy groups -OCH3 is 2. The highest BCUT2D eigenvalue weighted by Gasteiger charge is 2.28. The summed E-state index contributed by atoms with van der Waals surface area (Å²) in [6, 6.07) is 12.0. The lowest BCUT2D eigenvalue weighted by atomic mass is 9.94. The average Bonchev–Trinajstić information content (AvgIpc) is 4.26. The fraction of sp³-hybridized carbons (Fsp3) is 0.537. The first-order valence-corrected chi connectivity index (χ1v) is 25.6. The van der Waals surface area contributed by atoms with Crippen molar-refractivity contribution in [1.29, 1.82) is 5.41 Å². The number of nitrogens with zero attached hydrogens (tertiary/aromatic N) is 1. The Balaban J connectivity index is 1.16. The van der Waals surface area contributed by atoms with Crippen LogP contribution in [0.1, 0.15) is 76.1 Å². The number of carbonyl (C=O) groups is 5. The molecule has 1 aliphatic carbocycles. The van der Waals surface area contributed by atoms with Crippen molar-refractivity contribution >= 4 is 47.6 Å². The molecule has 0 aliphatic heterocycles. The van der Waals surface area contributed by atoms with E-state index in [9.17, 15) is 24.0 Å². The third-order valence-corrected chi connectivity index (χ3v) is 10.7. The summed E-state index contributed by atoms with van der Waals surface area (Å²) < 4.78 is 74.7. The number of amides is 3. The molecule has 1 unspecified atom stereocenters. The van der Waals surface area contributed by atoms with Gasteiger partial charge in [-0.3, -0.25) is 20.3 Å². The van der Waals surface area contributed by atoms with Crippen molar-refractivity contribution in [3.05, 3.63) is 83.2 Å². The van der Waals surface area contributed by atoms with Crippen LogP contribution in [-0.2, 0) is 61.6 Å². The van der Waals surface area contributed by atoms with Gasteiger partial charge in [0.1, 0.15) is 23.9 Å². The molecule has 78 heavy (non-hydrogen) atoms. The van der Waals surface area contributed by atoms with Crippen LogP contribution in [0.2, 0.25) is 0 Å². The smallest absolute Gasteiger partial charge is 0.496 e. The molecule has 2 aromatic carbocycles. The van der Waals surface area contributed by atoms with Gasteiger partial charge < -0.3 is 76.9 Å². The van der Waals surface area contributed by atoms with E-state index < -0.39 is 42.4 Å². The zero-order valence-electron chi connectivity index (χ0n) is 45.2. The molecule has 1 atom stereocenters. The molecule has 0 bridgehead atoms. The van der Waals surface area contributed by atoms with Crippen LogP contribution in [-0.4, -0.2) is 193 Å². The van der Waals surface area contributed by atoms with Gasteiger partial charge in [0.25, 0.3) is 11.8 Å². The number of esters is 1. The van der Waals surface area contributed by atoms with Crippen molar-refractivity contribution in [3.63, 3.8) is 0 Å². The number of ether oxygens (including phenoxy) is 14. The number of aromatic nitrogens is 1. The first-order chi connectivity index (χ1) is 37.8. The molecule has 24 heteroatoms. The van der Waals surface area contributed by atoms with Gasteiger partial charge in [-0.1, -0.05) is 12.7 Å². The van der Waals surface area contributed by atoms with Crippen LogP contribution in [0.3, 0.4) is 0 Å². The largest absolute Gasteiger partial charge is 0.511 e. The molecular formula is C54H75N5O19. The lowest BCUT2D eigenvalue weighted by Gasteiger charge is -2.18. The molecule has 1 aromatic heterocycles. The third kappa shape index (κ3) is 25.2. The highest BCUT2D eigenvalue weighted by atomic mass is 16.8. The molecule has 1 fully saturated rings. The molecule has 0 spiro atoms. The Kier molecular flexibility index (Phi) is 30.5. The number of amidine groups is 1. The van der Waals surface area contributed by atoms with Crippen LogP contribution in [0, 0.1) is 11.3 Å². The van der Waals surface area contributed by atoms with Crippen molar-refractivity contribution in [1.82, 2.24) is 15.6 Å². The summed E-state index contributed by atoms with van der Waals surface area (Å²) in [7, 11) is 3.05. The molecule has 1 aliphatic rings. The standard InChI is InChI=1S/C54H75N5O19/c1-7-40-34-45(44(35-47(40)66-6)43-14-15-46(51(61)56-36-39-8-9-39)58-48(43)52(62)77-38(4)78-54(64)76-37(2)3)50(60)57-42-12-10-41(11-13-42)49(55)59-53(63)75-33-32-74-31-30-73-29-28-72-27-26-71-25-24-70-23-22-69-21-20-68-19-18-67-17-16-65-5/h7,10-15,34-35,37-39H,1,8-9,16-33,36H2,2-6H3,(H,56,61)(H,57,60)(H2,55,59,63). The number of hydrogen-bond acceptors (Lipinski definition) is 21. The number of benzene rings is 2. The Morgan fingerprint density at radius 3 is 1.67 bits per heavy atom. The van der Waals surface area contributed by atoms with E-state index in [0.29, 0.717) is 134 Å². The Morgan fingerprint density at radius 1 is 0.654 bits per heavy atom. The average molecular weight is 1100 g/mol. The molecular weight excluding hydrogens is 1020 g/mol. The zero-order chi connectivity index (χ0) is 56.3. The topological polar surface area (TPSA) is 287 Å². The summed E-state index contributed by atoms with van der Waals surface area (Å²) in [6.07, 6.45) is -0.389. The lowest BCUT2D eigenvalue weighted by molar-refractivity contribution is -0.0868. The SMILES string of the molecule is C=Cc1cc(C(=O)Nc2ccc(C(=N)NC(=O)OCCOCCOCCOCCOCCOCCOCCOCCOCCOC)cc2)c(-c2ccc(C(=O)NCC3CC3)nc2C(=O)OC(C)OC(=O)OC(C)C)cc1OC. The van der Waals surface area contributed by atoms with Crippen LogP contribution in [0.15, 0.2) is 55.1 Å². The predicted octanol–water partition coefficient (Wildman–Crippen LogP) is 5.69. The number of rotatable bonds is 40. The van der Waals surface area contributed by atoms with Gasteiger partial charge in [0, 0.05) is 54.1 Å². The number of nitrogens with one attached hydrogen (secondary N) is 4. The fourth-order valence-corrected chi connectivity index (χ4v) is 6.64. The van der Waals surface area contributed by atoms with Gasteiger partial charge in [-0.2, -0.15) is 0 Å². The highest BCUT2D eigenvalue weighted by molar-refractivity contribution is 6.11. The van der Waals surface area contributed by atoms with Crippen molar-refractivity contribution in [2.24, 2.45) is 5.92 Å². The Morgan fingerprint density at radius 2 is 1.18 bits per heavy atom. The van der Waals surface area contributed by atoms with Crippen molar-refractivity contribution < 1.29 is 90.3 Å². The number of alkyl carbamates (subject to hydrolysis) is 1. The molecule has 0 saturated heterocycles. The molecule has 4 rings (SSSR count). The number of anilines is 1. The summed E-state index contributed by atoms with van der Waals surface area (Å²) in [5.41, 5.74) is 0.899. The van der Waals surface area contributed by atoms with Crippen LogP contribution in [0.4, 0.5) is 15.3 Å². The van der Waals surface area contributed by atoms with Crippen molar-refractivity contribution in [3.8, 4) is 16.9 Å². The second-order valence-electron chi connectivity index (χ2n) is 17.2. The maximum absolute atomic E-state index is 14.2. The minimum Gasteiger partial charge on any atom is -0.496 e. The second kappa shape index (κ2) is 37.2. The van der Waals surface area contributed by atoms with E-state index in [2.05, 4.69) is 27.5 Å². The first kappa shape index (κ1) is 63.9. The quantitative estimate of drug-likeness (QED) is 0.0133. The molecule has 4 N–H and O–H groups in total. The number of hydrogen-bond donors (Lipinski definition) is 4. The maximum atomic E-state index is 14.2. The minimum atomic E-state index is -1.43. The lowest BCUT2D eigenvalue weighted by Crippen LogP contribution is -2.32. The van der Waals surface area contributed by atoms with Gasteiger partial charge in [-0.25, -0.2) is 19.4 Å². The summed E-state index contributed by atoms with van der Waals surface area (Å²) in [4.78, 5) is 70.2. The molecule has 1 saturated carbocycles. The number of pyridine rings is 1. The van der Waals surface area contributed by atoms with E-state index in [1.54, 1.807) is 21.0 Å². The molecule has 430 valence electrons. The third-order valence-electron chi connectivity index (χ3n) is 10.7. The summed E-state index contributed by atoms with van der Waals surface area (Å²) in [5.74, 6) is -1.82. The monoisotopic (exact) mass is 1100 g/mol. The molecule has 1 heterocycles. The molecule has 24 nitrogen and oxygen atoms in total. The second-order valence-corrected chi connectivity index (χ2v) is 17.2. The van der Waals surface area contributed by atoms with E-state index in [-0.39, 0.29) is 53.7 Å². The van der Waals surface area contributed by atoms with Crippen LogP contribution in [0.5, 0.6) is 5.75 Å². The molecule has 3 aromatic rings. The summed E-state index contributed by atoms with van der Waals surface area (Å²) >= 11 is 0. The van der Waals surface area contributed by atoms with Gasteiger partial charge in [0.2, 0.25) is 6.29 Å². The zero-order valence-corrected chi connectivity index (χ0v) is 45.2. The van der Waals surface area contributed by atoms with Crippen LogP contribution < -0.4 is 20.7 Å². The van der Waals surface area contributed by atoms with E-state index in [4.69, 9.17) is 71.7 Å². The van der Waals surface area contributed by atoms with Crippen LogP contribution >= 0.6 is 0 Å². The maximum Gasteiger partial charge on any atom is 0.511 e. The van der Waals surface area contributed by atoms with E-state index in [1.807, 2.05) is 0 Å². The number of carbonyl (C=O) groups excluding carboxylic acids is 5. The van der Waals surface area contributed by atoms with Crippen LogP contribution in [0.25, 0.3) is 17.2 Å². The van der Waals surface area contributed by atoms with Gasteiger partial charge in [-0.15, -0.1) is 0 Å².